The average Bonchev–Trinajstić information content (AvgIpc) is 3.38. The lowest BCUT2D eigenvalue weighted by Crippen LogP contribution is -2.42. The molecule has 0 aromatic heterocycles. The number of sulfonamides is 2. The van der Waals surface area contributed by atoms with Crippen LogP contribution in [0.2, 0.25) is 0 Å². The summed E-state index contributed by atoms with van der Waals surface area (Å²) in [4.78, 5) is 12.7. The molecule has 2 aromatic rings. The van der Waals surface area contributed by atoms with E-state index in [9.17, 15) is 21.6 Å². The number of hydrogen-bond acceptors (Lipinski definition) is 6. The van der Waals surface area contributed by atoms with Gasteiger partial charge in [0.15, 0.2) is 0 Å². The summed E-state index contributed by atoms with van der Waals surface area (Å²) in [5, 5.41) is 2.72. The van der Waals surface area contributed by atoms with Crippen LogP contribution in [0.15, 0.2) is 64.4 Å². The number of anilines is 1. The van der Waals surface area contributed by atoms with E-state index in [1.807, 2.05) is 13.0 Å². The number of piperidine rings is 1. The maximum absolute atomic E-state index is 13.6. The van der Waals surface area contributed by atoms with Gasteiger partial charge in [-0.1, -0.05) is 24.6 Å². The Morgan fingerprint density at radius 2 is 1.67 bits per heavy atom. The molecule has 36 heavy (non-hydrogen) atoms. The summed E-state index contributed by atoms with van der Waals surface area (Å²) < 4.78 is 61.6. The van der Waals surface area contributed by atoms with Gasteiger partial charge in [0.05, 0.1) is 22.4 Å². The minimum Gasteiger partial charge on any atom is -0.377 e. The van der Waals surface area contributed by atoms with E-state index in [4.69, 9.17) is 4.74 Å². The van der Waals surface area contributed by atoms with Gasteiger partial charge in [0.2, 0.25) is 26.0 Å². The average molecular weight is 536 g/mol. The van der Waals surface area contributed by atoms with Crippen LogP contribution in [-0.2, 0) is 29.6 Å². The van der Waals surface area contributed by atoms with Crippen molar-refractivity contribution in [2.24, 2.45) is 0 Å². The lowest BCUT2D eigenvalue weighted by Gasteiger charge is -2.32. The van der Waals surface area contributed by atoms with Crippen LogP contribution in [-0.4, -0.2) is 69.7 Å². The molecule has 1 N–H and O–H groups in total. The van der Waals surface area contributed by atoms with Crippen molar-refractivity contribution in [3.05, 3.63) is 54.6 Å². The van der Waals surface area contributed by atoms with Crippen LogP contribution in [0, 0.1) is 0 Å². The van der Waals surface area contributed by atoms with E-state index in [2.05, 4.69) is 5.32 Å². The van der Waals surface area contributed by atoms with Crippen LogP contribution in [0.25, 0.3) is 0 Å². The van der Waals surface area contributed by atoms with Gasteiger partial charge in [-0.2, -0.15) is 8.61 Å². The second kappa shape index (κ2) is 11.4. The molecule has 11 heteroatoms. The Hall–Kier alpha value is -2.31. The molecule has 9 nitrogen and oxygen atoms in total. The van der Waals surface area contributed by atoms with Gasteiger partial charge in [0.1, 0.15) is 0 Å². The Kier molecular flexibility index (Phi) is 8.46. The fraction of sp³-hybridized carbons (Fsp3) is 0.480. The number of hydrogen-bond donors (Lipinski definition) is 1. The molecule has 2 heterocycles. The van der Waals surface area contributed by atoms with Crippen molar-refractivity contribution in [1.29, 1.82) is 0 Å². The largest absolute Gasteiger partial charge is 0.377 e. The van der Waals surface area contributed by atoms with Crippen LogP contribution in [0.5, 0.6) is 0 Å². The summed E-state index contributed by atoms with van der Waals surface area (Å²) in [5.74, 6) is -0.471. The van der Waals surface area contributed by atoms with Crippen molar-refractivity contribution in [2.45, 2.75) is 61.0 Å². The fourth-order valence-corrected chi connectivity index (χ4v) is 7.77. The molecule has 0 saturated carbocycles. The van der Waals surface area contributed by atoms with Gasteiger partial charge >= 0.3 is 0 Å². The number of rotatable bonds is 9. The summed E-state index contributed by atoms with van der Waals surface area (Å²) in [5.41, 5.74) is 0.568. The van der Waals surface area contributed by atoms with Gasteiger partial charge in [-0.3, -0.25) is 4.79 Å². The van der Waals surface area contributed by atoms with E-state index in [1.54, 1.807) is 24.3 Å². The van der Waals surface area contributed by atoms with Crippen molar-refractivity contribution in [1.82, 2.24) is 8.61 Å². The van der Waals surface area contributed by atoms with Gasteiger partial charge in [-0.25, -0.2) is 16.8 Å². The van der Waals surface area contributed by atoms with E-state index in [1.165, 1.54) is 28.6 Å². The van der Waals surface area contributed by atoms with E-state index >= 15 is 0 Å². The molecule has 0 radical (unpaired) electrons. The Bertz CT molecular complexity index is 1240. The molecule has 2 fully saturated rings. The predicted molar refractivity (Wildman–Crippen MR) is 136 cm³/mol. The van der Waals surface area contributed by atoms with Crippen LogP contribution in [0.4, 0.5) is 5.69 Å². The molecule has 4 rings (SSSR count). The molecule has 0 bridgehead atoms. The predicted octanol–water partition coefficient (Wildman–Crippen LogP) is 3.06. The molecular weight excluding hydrogens is 502 g/mol. The van der Waals surface area contributed by atoms with E-state index in [0.29, 0.717) is 25.3 Å². The molecule has 2 aromatic carbocycles. The van der Waals surface area contributed by atoms with Crippen molar-refractivity contribution in [2.75, 3.05) is 31.6 Å². The molecule has 1 amide bonds. The molecule has 2 aliphatic heterocycles. The molecular formula is C25H33N3O6S2. The highest BCUT2D eigenvalue weighted by Gasteiger charge is 2.33. The van der Waals surface area contributed by atoms with Crippen molar-refractivity contribution >= 4 is 31.6 Å². The Labute approximate surface area is 213 Å². The van der Waals surface area contributed by atoms with E-state index in [0.717, 1.165) is 30.0 Å². The maximum atomic E-state index is 13.6. The number of benzene rings is 2. The zero-order chi connectivity index (χ0) is 25.8. The van der Waals surface area contributed by atoms with Crippen LogP contribution >= 0.6 is 0 Å². The summed E-state index contributed by atoms with van der Waals surface area (Å²) in [6.07, 6.45) is 3.83. The fourth-order valence-electron chi connectivity index (χ4n) is 4.64. The number of nitrogens with zero attached hydrogens (tertiary/aromatic N) is 2. The molecule has 2 saturated heterocycles. The third-order valence-corrected chi connectivity index (χ3v) is 10.5. The number of amides is 1. The molecule has 2 aliphatic rings. The van der Waals surface area contributed by atoms with Gasteiger partial charge < -0.3 is 10.1 Å². The first kappa shape index (κ1) is 26.7. The number of ether oxygens (including phenoxy) is 1. The molecule has 196 valence electrons. The van der Waals surface area contributed by atoms with E-state index in [-0.39, 0.29) is 35.0 Å². The minimum absolute atomic E-state index is 0.0376. The zero-order valence-electron chi connectivity index (χ0n) is 20.4. The number of carbonyl (C=O) groups is 1. The number of nitrogens with one attached hydrogen (secondary N) is 1. The first-order valence-electron chi connectivity index (χ1n) is 12.3. The first-order valence-corrected chi connectivity index (χ1v) is 15.1. The van der Waals surface area contributed by atoms with Crippen molar-refractivity contribution in [3.8, 4) is 0 Å². The Morgan fingerprint density at radius 3 is 2.31 bits per heavy atom. The lowest BCUT2D eigenvalue weighted by molar-refractivity contribution is -0.116. The highest BCUT2D eigenvalue weighted by atomic mass is 32.2. The number of para-hydroxylation sites is 1. The molecule has 0 spiro atoms. The van der Waals surface area contributed by atoms with Gasteiger partial charge in [0.25, 0.3) is 0 Å². The normalized spacial score (nSPS) is 21.5. The summed E-state index contributed by atoms with van der Waals surface area (Å²) in [6, 6.07) is 14.0. The third-order valence-electron chi connectivity index (χ3n) is 6.62. The topological polar surface area (TPSA) is 113 Å². The zero-order valence-corrected chi connectivity index (χ0v) is 22.0. The standard InChI is InChI=1S/C25H33N3O6S2/c1-20-8-5-6-16-28(20)36(32,33)24-14-12-23(13-15-24)35(30,31)27(18-22-11-7-17-34-22)19-25(29)26-21-9-3-2-4-10-21/h2-4,9-10,12-15,20,22H,5-8,11,16-19H2,1H3,(H,26,29)/t20-,22-/m1/s1. The van der Waals surface area contributed by atoms with Crippen LogP contribution in [0.3, 0.4) is 0 Å². The van der Waals surface area contributed by atoms with Gasteiger partial charge in [0, 0.05) is 31.4 Å². The summed E-state index contributed by atoms with van der Waals surface area (Å²) in [6.45, 7) is 2.54. The molecule has 0 unspecified atom stereocenters. The highest BCUT2D eigenvalue weighted by molar-refractivity contribution is 7.89. The monoisotopic (exact) mass is 535 g/mol. The first-order chi connectivity index (χ1) is 17.2. The second-order valence-corrected chi connectivity index (χ2v) is 13.1. The van der Waals surface area contributed by atoms with Crippen molar-refractivity contribution in [3.63, 3.8) is 0 Å². The summed E-state index contributed by atoms with van der Waals surface area (Å²) in [7, 11) is -7.81. The lowest BCUT2D eigenvalue weighted by atomic mass is 10.1. The Balaban J connectivity index is 1.55. The highest BCUT2D eigenvalue weighted by Crippen LogP contribution is 2.27. The van der Waals surface area contributed by atoms with E-state index < -0.39 is 26.0 Å². The number of carbonyl (C=O) groups excluding carboxylic acids is 1. The quantitative estimate of drug-likeness (QED) is 0.528. The smallest absolute Gasteiger partial charge is 0.243 e. The molecule has 2 atom stereocenters. The van der Waals surface area contributed by atoms with Gasteiger partial charge in [-0.05, 0) is 69.0 Å². The minimum atomic E-state index is -4.09. The SMILES string of the molecule is C[C@@H]1CCCCN1S(=O)(=O)c1ccc(S(=O)(=O)N(CC(=O)Nc2ccccc2)C[C@H]2CCCO2)cc1. The Morgan fingerprint density at radius 1 is 0.972 bits per heavy atom. The molecule has 0 aliphatic carbocycles. The van der Waals surface area contributed by atoms with Crippen LogP contribution < -0.4 is 5.32 Å². The van der Waals surface area contributed by atoms with Gasteiger partial charge in [-0.15, -0.1) is 0 Å². The second-order valence-electron chi connectivity index (χ2n) is 9.28. The maximum Gasteiger partial charge on any atom is 0.243 e. The summed E-state index contributed by atoms with van der Waals surface area (Å²) >= 11 is 0. The van der Waals surface area contributed by atoms with Crippen molar-refractivity contribution < 1.29 is 26.4 Å². The third kappa shape index (κ3) is 6.15. The van der Waals surface area contributed by atoms with Crippen LogP contribution in [0.1, 0.15) is 39.0 Å².